The van der Waals surface area contributed by atoms with Crippen molar-refractivity contribution in [1.29, 1.82) is 0 Å². The lowest BCUT2D eigenvalue weighted by Gasteiger charge is -1.77. The Bertz CT molecular complexity index is 226. The molecule has 1 aliphatic heterocycles. The van der Waals surface area contributed by atoms with Gasteiger partial charge in [0.05, 0.1) is 10.2 Å². The largest absolute Gasteiger partial charge is 0.381 e. The van der Waals surface area contributed by atoms with Crippen molar-refractivity contribution in [2.45, 2.75) is 18.7 Å². The molecule has 0 spiro atoms. The van der Waals surface area contributed by atoms with Gasteiger partial charge in [-0.15, -0.1) is 22.9 Å². The van der Waals surface area contributed by atoms with Gasteiger partial charge in [-0.3, -0.25) is 0 Å². The second-order valence-corrected chi connectivity index (χ2v) is 4.73. The molecule has 0 N–H and O–H groups in total. The molecule has 0 atom stereocenters. The van der Waals surface area contributed by atoms with Crippen molar-refractivity contribution in [2.75, 3.05) is 13.2 Å². The second kappa shape index (κ2) is 6.66. The van der Waals surface area contributed by atoms with Gasteiger partial charge in [0.1, 0.15) is 0 Å². The molecule has 13 heavy (non-hydrogen) atoms. The first-order valence-corrected chi connectivity index (χ1v) is 5.94. The highest BCUT2D eigenvalue weighted by atomic mass is 35.5. The van der Waals surface area contributed by atoms with Crippen LogP contribution in [0.1, 0.15) is 17.7 Å². The predicted molar refractivity (Wildman–Crippen MR) is 58.9 cm³/mol. The summed E-state index contributed by atoms with van der Waals surface area (Å²) in [7, 11) is 0. The van der Waals surface area contributed by atoms with Gasteiger partial charge in [0.15, 0.2) is 0 Å². The molecule has 0 unspecified atom stereocenters. The average molecular weight is 239 g/mol. The van der Waals surface area contributed by atoms with Crippen LogP contribution in [0.15, 0.2) is 12.1 Å². The van der Waals surface area contributed by atoms with Crippen LogP contribution in [0, 0.1) is 0 Å². The van der Waals surface area contributed by atoms with Crippen molar-refractivity contribution in [3.63, 3.8) is 0 Å². The maximum atomic E-state index is 5.60. The van der Waals surface area contributed by atoms with Crippen LogP contribution in [0.4, 0.5) is 0 Å². The fraction of sp³-hybridized carbons (Fsp3) is 0.556. The zero-order valence-corrected chi connectivity index (χ0v) is 9.59. The average Bonchev–Trinajstić information content (AvgIpc) is 2.76. The molecule has 0 amide bonds. The van der Waals surface area contributed by atoms with Crippen LogP contribution in [-0.2, 0) is 10.6 Å². The van der Waals surface area contributed by atoms with Gasteiger partial charge in [-0.25, -0.2) is 0 Å². The Kier molecular flexibility index (Phi) is 5.80. The number of halogens is 2. The molecule has 0 bridgehead atoms. The maximum absolute atomic E-state index is 5.60. The van der Waals surface area contributed by atoms with E-state index in [-0.39, 0.29) is 0 Å². The molecule has 1 nitrogen and oxygen atoms in total. The third kappa shape index (κ3) is 4.87. The Hall–Kier alpha value is 0.240. The normalized spacial score (nSPS) is 15.2. The molecule has 0 aliphatic carbocycles. The number of hydrogen-bond donors (Lipinski definition) is 0. The van der Waals surface area contributed by atoms with Crippen molar-refractivity contribution in [2.24, 2.45) is 0 Å². The summed E-state index contributed by atoms with van der Waals surface area (Å²) in [6, 6.07) is 3.78. The van der Waals surface area contributed by atoms with Gasteiger partial charge in [-0.2, -0.15) is 0 Å². The van der Waals surface area contributed by atoms with Crippen molar-refractivity contribution in [1.82, 2.24) is 0 Å². The Morgan fingerprint density at radius 2 is 2.00 bits per heavy atom. The highest BCUT2D eigenvalue weighted by molar-refractivity contribution is 7.16. The van der Waals surface area contributed by atoms with E-state index in [1.54, 1.807) is 0 Å². The minimum Gasteiger partial charge on any atom is -0.381 e. The lowest BCUT2D eigenvalue weighted by molar-refractivity contribution is 0.198. The van der Waals surface area contributed by atoms with E-state index in [1.165, 1.54) is 24.2 Å². The van der Waals surface area contributed by atoms with Crippen molar-refractivity contribution in [3.05, 3.63) is 21.3 Å². The SMILES string of the molecule is C1CCOC1.ClCc1ccc(Cl)s1. The number of thiophene rings is 1. The van der Waals surface area contributed by atoms with E-state index in [4.69, 9.17) is 27.9 Å². The molecular weight excluding hydrogens is 227 g/mol. The fourth-order valence-electron chi connectivity index (χ4n) is 0.934. The molecule has 1 aliphatic rings. The number of hydrogen-bond acceptors (Lipinski definition) is 2. The molecule has 1 aromatic heterocycles. The number of ether oxygens (including phenoxy) is 1. The number of rotatable bonds is 1. The minimum absolute atomic E-state index is 0.567. The van der Waals surface area contributed by atoms with E-state index < -0.39 is 0 Å². The van der Waals surface area contributed by atoms with Gasteiger partial charge in [-0.1, -0.05) is 11.6 Å². The van der Waals surface area contributed by atoms with Crippen LogP contribution in [0.25, 0.3) is 0 Å². The highest BCUT2D eigenvalue weighted by Gasteiger charge is 1.94. The second-order valence-electron chi connectivity index (χ2n) is 2.66. The third-order valence-electron chi connectivity index (χ3n) is 1.59. The minimum atomic E-state index is 0.567. The first-order valence-electron chi connectivity index (χ1n) is 4.21. The quantitative estimate of drug-likeness (QED) is 0.674. The molecule has 4 heteroatoms. The Labute approximate surface area is 92.6 Å². The molecule has 0 radical (unpaired) electrons. The summed E-state index contributed by atoms with van der Waals surface area (Å²) in [5, 5.41) is 0. The first-order chi connectivity index (χ1) is 6.33. The van der Waals surface area contributed by atoms with Crippen LogP contribution in [-0.4, -0.2) is 13.2 Å². The van der Waals surface area contributed by atoms with Gasteiger partial charge in [0.2, 0.25) is 0 Å². The molecule has 2 heterocycles. The van der Waals surface area contributed by atoms with Gasteiger partial charge >= 0.3 is 0 Å². The van der Waals surface area contributed by atoms with E-state index >= 15 is 0 Å². The van der Waals surface area contributed by atoms with Gasteiger partial charge < -0.3 is 4.74 Å². The van der Waals surface area contributed by atoms with Crippen LogP contribution in [0.3, 0.4) is 0 Å². The zero-order valence-electron chi connectivity index (χ0n) is 7.26. The smallest absolute Gasteiger partial charge is 0.0931 e. The Morgan fingerprint density at radius 1 is 1.31 bits per heavy atom. The van der Waals surface area contributed by atoms with E-state index in [0.29, 0.717) is 5.88 Å². The monoisotopic (exact) mass is 238 g/mol. The van der Waals surface area contributed by atoms with Gasteiger partial charge in [0, 0.05) is 18.1 Å². The summed E-state index contributed by atoms with van der Waals surface area (Å²) in [5.41, 5.74) is 0. The summed E-state index contributed by atoms with van der Waals surface area (Å²) in [5.74, 6) is 0.567. The van der Waals surface area contributed by atoms with Crippen LogP contribution in [0.2, 0.25) is 4.34 Å². The number of alkyl halides is 1. The Morgan fingerprint density at radius 3 is 2.23 bits per heavy atom. The van der Waals surface area contributed by atoms with E-state index in [0.717, 1.165) is 22.4 Å². The van der Waals surface area contributed by atoms with Crippen molar-refractivity contribution < 1.29 is 4.74 Å². The summed E-state index contributed by atoms with van der Waals surface area (Å²) in [6.07, 6.45) is 2.56. The van der Waals surface area contributed by atoms with Gasteiger partial charge in [0.25, 0.3) is 0 Å². The fourth-order valence-corrected chi connectivity index (χ4v) is 2.12. The molecule has 0 saturated carbocycles. The van der Waals surface area contributed by atoms with Crippen LogP contribution < -0.4 is 0 Å². The first kappa shape index (κ1) is 11.3. The van der Waals surface area contributed by atoms with E-state index in [2.05, 4.69) is 0 Å². The van der Waals surface area contributed by atoms with E-state index in [9.17, 15) is 0 Å². The molecule has 1 fully saturated rings. The van der Waals surface area contributed by atoms with E-state index in [1.807, 2.05) is 12.1 Å². The third-order valence-corrected chi connectivity index (χ3v) is 3.27. The van der Waals surface area contributed by atoms with Crippen molar-refractivity contribution >= 4 is 34.5 Å². The maximum Gasteiger partial charge on any atom is 0.0931 e. The molecule has 1 saturated heterocycles. The highest BCUT2D eigenvalue weighted by Crippen LogP contribution is 2.22. The molecule has 1 aromatic rings. The predicted octanol–water partition coefficient (Wildman–Crippen LogP) is 3.94. The molecule has 0 aromatic carbocycles. The van der Waals surface area contributed by atoms with Crippen LogP contribution >= 0.6 is 34.5 Å². The molecule has 74 valence electrons. The van der Waals surface area contributed by atoms with Crippen LogP contribution in [0.5, 0.6) is 0 Å². The lowest BCUT2D eigenvalue weighted by atomic mass is 10.4. The Balaban J connectivity index is 0.000000145. The summed E-state index contributed by atoms with van der Waals surface area (Å²) in [4.78, 5) is 1.12. The van der Waals surface area contributed by atoms with Gasteiger partial charge in [-0.05, 0) is 25.0 Å². The summed E-state index contributed by atoms with van der Waals surface area (Å²) >= 11 is 12.6. The molecular formula is C9H12Cl2OS. The summed E-state index contributed by atoms with van der Waals surface area (Å²) in [6.45, 7) is 2.00. The summed E-state index contributed by atoms with van der Waals surface area (Å²) < 4.78 is 5.75. The van der Waals surface area contributed by atoms with Crippen molar-refractivity contribution in [3.8, 4) is 0 Å². The topological polar surface area (TPSA) is 9.23 Å². The lowest BCUT2D eigenvalue weighted by Crippen LogP contribution is -1.74. The zero-order chi connectivity index (χ0) is 9.52. The standard InChI is InChI=1S/C5H4Cl2S.C4H8O/c6-3-4-1-2-5(7)8-4;1-2-4-5-3-1/h1-2H,3H2;1-4H2. The molecule has 2 rings (SSSR count).